The first-order valence-electron chi connectivity index (χ1n) is 7.18. The molecule has 5 heteroatoms. The summed E-state index contributed by atoms with van der Waals surface area (Å²) in [5.74, 6) is 0.499. The number of carbonyl (C=O) groups excluding carboxylic acids is 1. The molecule has 1 N–H and O–H groups in total. The van der Waals surface area contributed by atoms with Gasteiger partial charge in [0.15, 0.2) is 0 Å². The van der Waals surface area contributed by atoms with Crippen molar-refractivity contribution in [1.82, 2.24) is 0 Å². The highest BCUT2D eigenvalue weighted by Gasteiger charge is 2.08. The normalized spacial score (nSPS) is 11.3. The van der Waals surface area contributed by atoms with Crippen molar-refractivity contribution in [3.8, 4) is 11.8 Å². The minimum atomic E-state index is -0.202. The topological polar surface area (TPSA) is 71.3 Å². The summed E-state index contributed by atoms with van der Waals surface area (Å²) in [7, 11) is 1.47. The quantitative estimate of drug-likeness (QED) is 0.888. The Morgan fingerprint density at radius 1 is 1.17 bits per heavy atom. The largest absolute Gasteiger partial charge is 0.486 e. The number of nitrogens with one attached hydrogen (secondary N) is 1. The summed E-state index contributed by atoms with van der Waals surface area (Å²) >= 11 is 0. The van der Waals surface area contributed by atoms with Gasteiger partial charge in [-0.15, -0.1) is 0 Å². The van der Waals surface area contributed by atoms with Gasteiger partial charge in [-0.2, -0.15) is 5.26 Å². The van der Waals surface area contributed by atoms with Crippen molar-refractivity contribution in [2.45, 2.75) is 13.0 Å². The Bertz CT molecular complexity index is 688. The first-order chi connectivity index (χ1) is 11.1. The number of nitrogens with zero attached hydrogens (tertiary/aromatic N) is 1. The average molecular weight is 310 g/mol. The number of methoxy groups -OCH3 is 1. The van der Waals surface area contributed by atoms with E-state index in [1.165, 1.54) is 7.11 Å². The molecular weight excluding hydrogens is 292 g/mol. The highest BCUT2D eigenvalue weighted by atomic mass is 16.5. The van der Waals surface area contributed by atoms with Crippen LogP contribution in [-0.4, -0.2) is 19.6 Å². The van der Waals surface area contributed by atoms with Gasteiger partial charge in [-0.1, -0.05) is 12.1 Å². The maximum atomic E-state index is 11.4. The number of hydrogen-bond donors (Lipinski definition) is 1. The highest BCUT2D eigenvalue weighted by Crippen LogP contribution is 2.23. The molecule has 5 nitrogen and oxygen atoms in total. The molecule has 0 saturated heterocycles. The van der Waals surface area contributed by atoms with Crippen molar-refractivity contribution in [1.29, 1.82) is 5.26 Å². The van der Waals surface area contributed by atoms with Gasteiger partial charge >= 0.3 is 0 Å². The van der Waals surface area contributed by atoms with E-state index >= 15 is 0 Å². The van der Waals surface area contributed by atoms with E-state index in [-0.39, 0.29) is 18.6 Å². The van der Waals surface area contributed by atoms with Crippen LogP contribution in [0.4, 0.5) is 5.69 Å². The lowest BCUT2D eigenvalue weighted by molar-refractivity contribution is -0.119. The van der Waals surface area contributed by atoms with Crippen LogP contribution in [0.25, 0.3) is 0 Å². The zero-order valence-electron chi connectivity index (χ0n) is 13.1. The predicted octanol–water partition coefficient (Wildman–Crippen LogP) is 3.28. The summed E-state index contributed by atoms with van der Waals surface area (Å²) < 4.78 is 10.6. The third-order valence-corrected chi connectivity index (χ3v) is 3.24. The fraction of sp³-hybridized carbons (Fsp3) is 0.222. The molecule has 0 fully saturated rings. The molecule has 2 aromatic rings. The molecule has 1 atom stereocenters. The Morgan fingerprint density at radius 3 is 2.39 bits per heavy atom. The number of rotatable bonds is 6. The van der Waals surface area contributed by atoms with E-state index in [1.807, 2.05) is 19.1 Å². The summed E-state index contributed by atoms with van der Waals surface area (Å²) in [6.07, 6.45) is -0.142. The number of anilines is 1. The van der Waals surface area contributed by atoms with E-state index in [1.54, 1.807) is 36.4 Å². The van der Waals surface area contributed by atoms with Crippen LogP contribution in [0, 0.1) is 11.3 Å². The van der Waals surface area contributed by atoms with E-state index in [0.29, 0.717) is 17.0 Å². The Balaban J connectivity index is 1.97. The van der Waals surface area contributed by atoms with Crippen LogP contribution in [-0.2, 0) is 9.53 Å². The number of amides is 1. The van der Waals surface area contributed by atoms with E-state index in [9.17, 15) is 4.79 Å². The maximum absolute atomic E-state index is 11.4. The van der Waals surface area contributed by atoms with Crippen LogP contribution >= 0.6 is 0 Å². The van der Waals surface area contributed by atoms with Gasteiger partial charge in [-0.3, -0.25) is 4.79 Å². The average Bonchev–Trinajstić information content (AvgIpc) is 2.57. The maximum Gasteiger partial charge on any atom is 0.250 e. The van der Waals surface area contributed by atoms with Crippen LogP contribution < -0.4 is 10.1 Å². The van der Waals surface area contributed by atoms with E-state index in [2.05, 4.69) is 11.4 Å². The van der Waals surface area contributed by atoms with Crippen LogP contribution in [0.5, 0.6) is 5.75 Å². The van der Waals surface area contributed by atoms with Gasteiger partial charge in [0, 0.05) is 12.8 Å². The fourth-order valence-electron chi connectivity index (χ4n) is 2.05. The zero-order valence-corrected chi connectivity index (χ0v) is 13.1. The number of benzene rings is 2. The number of carbonyl (C=O) groups is 1. The van der Waals surface area contributed by atoms with Gasteiger partial charge in [-0.25, -0.2) is 0 Å². The molecule has 1 amide bonds. The van der Waals surface area contributed by atoms with Crippen LogP contribution in [0.1, 0.15) is 24.2 Å². The molecule has 0 aliphatic rings. The Kier molecular flexibility index (Phi) is 5.73. The Morgan fingerprint density at radius 2 is 1.83 bits per heavy atom. The van der Waals surface area contributed by atoms with E-state index in [0.717, 1.165) is 5.56 Å². The van der Waals surface area contributed by atoms with Gasteiger partial charge in [0.2, 0.25) is 5.91 Å². The molecule has 118 valence electrons. The lowest BCUT2D eigenvalue weighted by Gasteiger charge is -2.15. The molecule has 0 saturated carbocycles. The molecule has 1 unspecified atom stereocenters. The highest BCUT2D eigenvalue weighted by molar-refractivity contribution is 5.91. The lowest BCUT2D eigenvalue weighted by atomic mass is 10.1. The summed E-state index contributed by atoms with van der Waals surface area (Å²) in [4.78, 5) is 11.4. The van der Waals surface area contributed by atoms with E-state index in [4.69, 9.17) is 14.7 Å². The van der Waals surface area contributed by atoms with Crippen molar-refractivity contribution < 1.29 is 14.3 Å². The molecule has 2 rings (SSSR count). The smallest absolute Gasteiger partial charge is 0.250 e. The van der Waals surface area contributed by atoms with Gasteiger partial charge in [0.25, 0.3) is 0 Å². The number of ether oxygens (including phenoxy) is 2. The number of nitriles is 1. The summed E-state index contributed by atoms with van der Waals surface area (Å²) in [5.41, 5.74) is 2.30. The van der Waals surface area contributed by atoms with Crippen molar-refractivity contribution >= 4 is 11.6 Å². The van der Waals surface area contributed by atoms with Crippen molar-refractivity contribution in [2.24, 2.45) is 0 Å². The molecule has 0 aliphatic heterocycles. The van der Waals surface area contributed by atoms with Crippen molar-refractivity contribution in [2.75, 3.05) is 19.0 Å². The first kappa shape index (κ1) is 16.5. The molecular formula is C18H18N2O3. The Hall–Kier alpha value is -2.84. The van der Waals surface area contributed by atoms with Gasteiger partial charge in [-0.05, 0) is 48.9 Å². The second kappa shape index (κ2) is 7.97. The molecule has 0 radical (unpaired) electrons. The monoisotopic (exact) mass is 310 g/mol. The molecule has 23 heavy (non-hydrogen) atoms. The zero-order chi connectivity index (χ0) is 16.7. The third-order valence-electron chi connectivity index (χ3n) is 3.24. The summed E-state index contributed by atoms with van der Waals surface area (Å²) in [6.45, 7) is 1.96. The molecule has 0 bridgehead atoms. The minimum absolute atomic E-state index is 0.0218. The van der Waals surface area contributed by atoms with Gasteiger partial charge in [0.1, 0.15) is 18.5 Å². The van der Waals surface area contributed by atoms with E-state index < -0.39 is 0 Å². The lowest BCUT2D eigenvalue weighted by Crippen LogP contribution is -2.16. The van der Waals surface area contributed by atoms with Gasteiger partial charge in [0.05, 0.1) is 11.6 Å². The summed E-state index contributed by atoms with van der Waals surface area (Å²) in [6, 6.07) is 16.5. The molecule has 2 aromatic carbocycles. The SMILES string of the molecule is COCC(=O)Nc1ccc(OC(C)c2ccc(C#N)cc2)cc1. The standard InChI is InChI=1S/C18H18N2O3/c1-13(15-5-3-14(11-19)4-6-15)23-17-9-7-16(8-10-17)20-18(21)12-22-2/h3-10,13H,12H2,1-2H3,(H,20,21). The summed E-state index contributed by atoms with van der Waals surface area (Å²) in [5, 5.41) is 11.5. The third kappa shape index (κ3) is 4.83. The van der Waals surface area contributed by atoms with Gasteiger partial charge < -0.3 is 14.8 Å². The molecule has 0 aliphatic carbocycles. The van der Waals surface area contributed by atoms with Crippen LogP contribution in [0.3, 0.4) is 0 Å². The van der Waals surface area contributed by atoms with Crippen LogP contribution in [0.2, 0.25) is 0 Å². The Labute approximate surface area is 135 Å². The molecule has 0 aromatic heterocycles. The predicted molar refractivity (Wildman–Crippen MR) is 87.1 cm³/mol. The van der Waals surface area contributed by atoms with Crippen LogP contribution in [0.15, 0.2) is 48.5 Å². The van der Waals surface area contributed by atoms with Crippen molar-refractivity contribution in [3.05, 3.63) is 59.7 Å². The van der Waals surface area contributed by atoms with Crippen molar-refractivity contribution in [3.63, 3.8) is 0 Å². The second-order valence-corrected chi connectivity index (χ2v) is 5.00. The second-order valence-electron chi connectivity index (χ2n) is 5.00. The minimum Gasteiger partial charge on any atom is -0.486 e. The molecule has 0 heterocycles. The molecule has 0 spiro atoms. The fourth-order valence-corrected chi connectivity index (χ4v) is 2.05. The number of hydrogen-bond acceptors (Lipinski definition) is 4. The first-order valence-corrected chi connectivity index (χ1v) is 7.18.